The highest BCUT2D eigenvalue weighted by atomic mass is 16.2. The van der Waals surface area contributed by atoms with Gasteiger partial charge in [-0.2, -0.15) is 0 Å². The fraction of sp³-hybridized carbons (Fsp3) is 0.526. The number of carbonyl (C=O) groups is 3. The minimum Gasteiger partial charge on any atom is -0.346 e. The van der Waals surface area contributed by atoms with Crippen molar-refractivity contribution in [3.05, 3.63) is 30.3 Å². The van der Waals surface area contributed by atoms with Crippen LogP contribution in [0.4, 0.5) is 5.69 Å². The molecule has 4 N–H and O–H groups in total. The zero-order valence-corrected chi connectivity index (χ0v) is 15.4. The summed E-state index contributed by atoms with van der Waals surface area (Å²) in [5.74, 6) is -0.562. The van der Waals surface area contributed by atoms with E-state index in [9.17, 15) is 14.4 Å². The van der Waals surface area contributed by atoms with Crippen LogP contribution in [0.1, 0.15) is 26.7 Å². The molecule has 1 aliphatic heterocycles. The van der Waals surface area contributed by atoms with Gasteiger partial charge in [0.2, 0.25) is 17.7 Å². The third-order valence-corrected chi connectivity index (χ3v) is 4.69. The molecule has 3 amide bonds. The van der Waals surface area contributed by atoms with E-state index < -0.39 is 6.04 Å². The smallest absolute Gasteiger partial charge is 0.241 e. The first kappa shape index (κ1) is 19.9. The Morgan fingerprint density at radius 1 is 1.15 bits per heavy atom. The van der Waals surface area contributed by atoms with Crippen molar-refractivity contribution in [2.75, 3.05) is 25.0 Å². The monoisotopic (exact) mass is 360 g/mol. The molecular weight excluding hydrogens is 332 g/mol. The molecule has 1 fully saturated rings. The van der Waals surface area contributed by atoms with Crippen LogP contribution in [0.25, 0.3) is 0 Å². The van der Waals surface area contributed by atoms with Gasteiger partial charge in [-0.15, -0.1) is 0 Å². The number of amides is 3. The van der Waals surface area contributed by atoms with Crippen molar-refractivity contribution in [2.24, 2.45) is 17.6 Å². The summed E-state index contributed by atoms with van der Waals surface area (Å²) in [6, 6.07) is 8.72. The second-order valence-electron chi connectivity index (χ2n) is 7.00. The first-order valence-corrected chi connectivity index (χ1v) is 9.05. The molecule has 1 atom stereocenters. The summed E-state index contributed by atoms with van der Waals surface area (Å²) in [4.78, 5) is 38.1. The number of benzene rings is 1. The Labute approximate surface area is 154 Å². The highest BCUT2D eigenvalue weighted by Gasteiger charge is 2.27. The average Bonchev–Trinajstić information content (AvgIpc) is 2.66. The van der Waals surface area contributed by atoms with Gasteiger partial charge in [-0.3, -0.25) is 14.4 Å². The molecular formula is C19H28N4O3. The Hall–Kier alpha value is -2.41. The van der Waals surface area contributed by atoms with E-state index in [0.29, 0.717) is 25.9 Å². The van der Waals surface area contributed by atoms with Crippen LogP contribution in [-0.4, -0.2) is 48.3 Å². The normalized spacial score (nSPS) is 16.2. The van der Waals surface area contributed by atoms with Crippen molar-refractivity contribution in [1.82, 2.24) is 10.2 Å². The lowest BCUT2D eigenvalue weighted by molar-refractivity contribution is -0.135. The lowest BCUT2D eigenvalue weighted by atomic mass is 9.95. The summed E-state index contributed by atoms with van der Waals surface area (Å²) >= 11 is 0. The van der Waals surface area contributed by atoms with E-state index in [0.717, 1.165) is 5.69 Å². The van der Waals surface area contributed by atoms with Gasteiger partial charge in [0.15, 0.2) is 0 Å². The first-order chi connectivity index (χ1) is 12.4. The molecule has 0 spiro atoms. The van der Waals surface area contributed by atoms with Crippen LogP contribution in [0.2, 0.25) is 0 Å². The predicted octanol–water partition coefficient (Wildman–Crippen LogP) is 0.963. The van der Waals surface area contributed by atoms with Crippen molar-refractivity contribution < 1.29 is 14.4 Å². The van der Waals surface area contributed by atoms with E-state index >= 15 is 0 Å². The number of para-hydroxylation sites is 1. The number of rotatable bonds is 6. The van der Waals surface area contributed by atoms with Gasteiger partial charge in [-0.05, 0) is 30.9 Å². The number of likely N-dealkylation sites (tertiary alicyclic amines) is 1. The van der Waals surface area contributed by atoms with E-state index in [1.807, 2.05) is 44.2 Å². The third-order valence-electron chi connectivity index (χ3n) is 4.69. The molecule has 7 nitrogen and oxygen atoms in total. The number of nitrogens with one attached hydrogen (secondary N) is 2. The molecule has 1 saturated heterocycles. The van der Waals surface area contributed by atoms with Crippen LogP contribution in [0.15, 0.2) is 30.3 Å². The van der Waals surface area contributed by atoms with Gasteiger partial charge in [-0.25, -0.2) is 0 Å². The van der Waals surface area contributed by atoms with Crippen LogP contribution >= 0.6 is 0 Å². The van der Waals surface area contributed by atoms with Crippen LogP contribution in [0.5, 0.6) is 0 Å². The molecule has 0 aromatic heterocycles. The minimum atomic E-state index is -0.616. The van der Waals surface area contributed by atoms with E-state index in [4.69, 9.17) is 5.73 Å². The molecule has 1 aromatic carbocycles. The van der Waals surface area contributed by atoms with Gasteiger partial charge < -0.3 is 21.3 Å². The maximum absolute atomic E-state index is 12.3. The second kappa shape index (κ2) is 9.33. The Kier molecular flexibility index (Phi) is 7.15. The maximum Gasteiger partial charge on any atom is 0.241 e. The van der Waals surface area contributed by atoms with Crippen molar-refractivity contribution in [2.45, 2.75) is 32.7 Å². The molecule has 1 heterocycles. The average molecular weight is 360 g/mol. The number of piperidine rings is 1. The quantitative estimate of drug-likeness (QED) is 0.703. The Bertz CT molecular complexity index is 625. The van der Waals surface area contributed by atoms with Gasteiger partial charge >= 0.3 is 0 Å². The van der Waals surface area contributed by atoms with Gasteiger partial charge in [0.05, 0.1) is 12.6 Å². The molecule has 0 radical (unpaired) electrons. The lowest BCUT2D eigenvalue weighted by Gasteiger charge is -2.31. The van der Waals surface area contributed by atoms with Crippen molar-refractivity contribution >= 4 is 23.4 Å². The number of nitrogens with two attached hydrogens (primary N) is 1. The summed E-state index contributed by atoms with van der Waals surface area (Å²) in [5.41, 5.74) is 6.54. The topological polar surface area (TPSA) is 105 Å². The highest BCUT2D eigenvalue weighted by molar-refractivity contribution is 5.93. The fourth-order valence-electron chi connectivity index (χ4n) is 2.85. The van der Waals surface area contributed by atoms with E-state index in [2.05, 4.69) is 10.6 Å². The third kappa shape index (κ3) is 5.56. The SMILES string of the molecule is CC(C)[C@H](N)C(=O)NCC(=O)N1CCC(C(=O)Nc2ccccc2)CC1. The highest BCUT2D eigenvalue weighted by Crippen LogP contribution is 2.19. The lowest BCUT2D eigenvalue weighted by Crippen LogP contribution is -2.49. The van der Waals surface area contributed by atoms with E-state index in [1.165, 1.54) is 0 Å². The number of hydrogen-bond acceptors (Lipinski definition) is 4. The van der Waals surface area contributed by atoms with Gasteiger partial charge in [0.1, 0.15) is 0 Å². The minimum absolute atomic E-state index is 0.0143. The fourth-order valence-corrected chi connectivity index (χ4v) is 2.85. The summed E-state index contributed by atoms with van der Waals surface area (Å²) < 4.78 is 0. The van der Waals surface area contributed by atoms with E-state index in [-0.39, 0.29) is 36.1 Å². The molecule has 142 valence electrons. The van der Waals surface area contributed by atoms with Crippen LogP contribution < -0.4 is 16.4 Å². The summed E-state index contributed by atoms with van der Waals surface area (Å²) in [5, 5.41) is 5.50. The van der Waals surface area contributed by atoms with Crippen molar-refractivity contribution in [1.29, 1.82) is 0 Å². The Balaban J connectivity index is 1.74. The van der Waals surface area contributed by atoms with Crippen LogP contribution in [-0.2, 0) is 14.4 Å². The maximum atomic E-state index is 12.3. The van der Waals surface area contributed by atoms with E-state index in [1.54, 1.807) is 4.90 Å². The number of nitrogens with zero attached hydrogens (tertiary/aromatic N) is 1. The zero-order chi connectivity index (χ0) is 19.1. The number of hydrogen-bond donors (Lipinski definition) is 3. The zero-order valence-electron chi connectivity index (χ0n) is 15.4. The standard InChI is InChI=1S/C19H28N4O3/c1-13(2)17(20)19(26)21-12-16(24)23-10-8-14(9-11-23)18(25)22-15-6-4-3-5-7-15/h3-7,13-14,17H,8-12,20H2,1-2H3,(H,21,26)(H,22,25)/t17-/m0/s1. The molecule has 7 heteroatoms. The van der Waals surface area contributed by atoms with Crippen LogP contribution in [0, 0.1) is 11.8 Å². The Morgan fingerprint density at radius 2 is 1.77 bits per heavy atom. The molecule has 1 aromatic rings. The summed E-state index contributed by atoms with van der Waals surface area (Å²) in [6.45, 7) is 4.68. The molecule has 0 aliphatic carbocycles. The first-order valence-electron chi connectivity index (χ1n) is 9.05. The Morgan fingerprint density at radius 3 is 2.35 bits per heavy atom. The molecule has 2 rings (SSSR count). The van der Waals surface area contributed by atoms with Crippen molar-refractivity contribution in [3.63, 3.8) is 0 Å². The number of anilines is 1. The van der Waals surface area contributed by atoms with Crippen LogP contribution in [0.3, 0.4) is 0 Å². The largest absolute Gasteiger partial charge is 0.346 e. The van der Waals surface area contributed by atoms with Gasteiger partial charge in [0.25, 0.3) is 0 Å². The summed E-state index contributed by atoms with van der Waals surface area (Å²) in [6.07, 6.45) is 1.23. The predicted molar refractivity (Wildman–Crippen MR) is 100 cm³/mol. The van der Waals surface area contributed by atoms with Gasteiger partial charge in [0, 0.05) is 24.7 Å². The summed E-state index contributed by atoms with van der Waals surface area (Å²) in [7, 11) is 0. The van der Waals surface area contributed by atoms with Crippen molar-refractivity contribution in [3.8, 4) is 0 Å². The molecule has 0 bridgehead atoms. The number of carbonyl (C=O) groups excluding carboxylic acids is 3. The molecule has 0 unspecified atom stereocenters. The van der Waals surface area contributed by atoms with Gasteiger partial charge in [-0.1, -0.05) is 32.0 Å². The molecule has 26 heavy (non-hydrogen) atoms. The molecule has 1 aliphatic rings. The molecule has 0 saturated carbocycles. The second-order valence-corrected chi connectivity index (χ2v) is 7.00.